The van der Waals surface area contributed by atoms with E-state index in [1.807, 2.05) is 6.20 Å². The predicted molar refractivity (Wildman–Crippen MR) is 108 cm³/mol. The molecule has 1 aliphatic rings. The van der Waals surface area contributed by atoms with E-state index >= 15 is 0 Å². The molecule has 0 fully saturated rings. The molecule has 2 aromatic carbocycles. The highest BCUT2D eigenvalue weighted by atomic mass is 35.5. The standard InChI is InChI=1S/C22H20ClF2N3O/c1-13(26-22(29)10-14-4-6-19(25)17(23)9-14)16-11-15(5-7-18(16)24)20-12-28-8-2-3-21(28)27-20/h4-7,9,11-13H,2-3,8,10H2,1H3,(H,26,29). The van der Waals surface area contributed by atoms with E-state index in [9.17, 15) is 13.6 Å². The summed E-state index contributed by atoms with van der Waals surface area (Å²) in [6, 6.07) is 8.44. The molecule has 0 spiro atoms. The minimum absolute atomic E-state index is 0.0272. The van der Waals surface area contributed by atoms with E-state index in [1.165, 1.54) is 24.3 Å². The lowest BCUT2D eigenvalue weighted by molar-refractivity contribution is -0.121. The third-order valence-electron chi connectivity index (χ3n) is 5.14. The minimum Gasteiger partial charge on any atom is -0.349 e. The summed E-state index contributed by atoms with van der Waals surface area (Å²) < 4.78 is 29.8. The summed E-state index contributed by atoms with van der Waals surface area (Å²) in [6.45, 7) is 2.68. The molecular weight excluding hydrogens is 396 g/mol. The monoisotopic (exact) mass is 415 g/mol. The van der Waals surface area contributed by atoms with Crippen LogP contribution in [0.2, 0.25) is 5.02 Å². The number of nitrogens with one attached hydrogen (secondary N) is 1. The maximum atomic E-state index is 14.4. The number of imidazole rings is 1. The quantitative estimate of drug-likeness (QED) is 0.647. The highest BCUT2D eigenvalue weighted by molar-refractivity contribution is 6.30. The molecule has 0 saturated carbocycles. The van der Waals surface area contributed by atoms with E-state index in [-0.39, 0.29) is 17.4 Å². The molecular formula is C22H20ClF2N3O. The van der Waals surface area contributed by atoms with Crippen LogP contribution >= 0.6 is 11.6 Å². The number of benzene rings is 2. The molecule has 0 bridgehead atoms. The molecule has 4 rings (SSSR count). The number of rotatable bonds is 5. The maximum Gasteiger partial charge on any atom is 0.224 e. The molecule has 1 amide bonds. The number of nitrogens with zero attached hydrogens (tertiary/aromatic N) is 2. The van der Waals surface area contributed by atoms with Gasteiger partial charge in [-0.1, -0.05) is 17.7 Å². The van der Waals surface area contributed by atoms with Gasteiger partial charge in [0.05, 0.1) is 23.2 Å². The van der Waals surface area contributed by atoms with Gasteiger partial charge in [0, 0.05) is 30.3 Å². The van der Waals surface area contributed by atoms with Crippen LogP contribution in [-0.4, -0.2) is 15.5 Å². The van der Waals surface area contributed by atoms with Crippen molar-refractivity contribution < 1.29 is 13.6 Å². The molecule has 1 N–H and O–H groups in total. The summed E-state index contributed by atoms with van der Waals surface area (Å²) in [7, 11) is 0. The largest absolute Gasteiger partial charge is 0.349 e. The Morgan fingerprint density at radius 2 is 2.03 bits per heavy atom. The molecule has 0 saturated heterocycles. The van der Waals surface area contributed by atoms with Gasteiger partial charge in [-0.15, -0.1) is 0 Å². The van der Waals surface area contributed by atoms with E-state index < -0.39 is 17.7 Å². The first-order chi connectivity index (χ1) is 13.9. The molecule has 3 aromatic rings. The normalized spacial score (nSPS) is 13.9. The van der Waals surface area contributed by atoms with E-state index in [0.717, 1.165) is 36.5 Å². The molecule has 1 unspecified atom stereocenters. The first-order valence-corrected chi connectivity index (χ1v) is 9.87. The zero-order valence-electron chi connectivity index (χ0n) is 15.9. The van der Waals surface area contributed by atoms with Gasteiger partial charge in [0.2, 0.25) is 5.91 Å². The number of fused-ring (bicyclic) bond motifs is 1. The second-order valence-electron chi connectivity index (χ2n) is 7.29. The minimum atomic E-state index is -0.534. The average molecular weight is 416 g/mol. The van der Waals surface area contributed by atoms with Gasteiger partial charge in [-0.3, -0.25) is 4.79 Å². The summed E-state index contributed by atoms with van der Waals surface area (Å²) >= 11 is 5.76. The Balaban J connectivity index is 1.49. The number of hydrogen-bond acceptors (Lipinski definition) is 2. The van der Waals surface area contributed by atoms with Crippen LogP contribution in [0, 0.1) is 11.6 Å². The first kappa shape index (κ1) is 19.6. The maximum absolute atomic E-state index is 14.4. The van der Waals surface area contributed by atoms with Gasteiger partial charge in [0.15, 0.2) is 0 Å². The molecule has 150 valence electrons. The fourth-order valence-electron chi connectivity index (χ4n) is 3.63. The number of amides is 1. The van der Waals surface area contributed by atoms with Crippen LogP contribution in [-0.2, 0) is 24.2 Å². The van der Waals surface area contributed by atoms with Crippen molar-refractivity contribution in [1.29, 1.82) is 0 Å². The number of halogens is 3. The Hall–Kier alpha value is -2.73. The molecule has 2 heterocycles. The van der Waals surface area contributed by atoms with Crippen molar-refractivity contribution >= 4 is 17.5 Å². The van der Waals surface area contributed by atoms with Crippen LogP contribution in [0.3, 0.4) is 0 Å². The summed E-state index contributed by atoms with van der Waals surface area (Å²) in [5, 5.41) is 2.76. The van der Waals surface area contributed by atoms with Crippen molar-refractivity contribution in [2.24, 2.45) is 0 Å². The molecule has 29 heavy (non-hydrogen) atoms. The number of aryl methyl sites for hydroxylation is 2. The van der Waals surface area contributed by atoms with Gasteiger partial charge in [-0.2, -0.15) is 0 Å². The molecule has 0 aliphatic carbocycles. The van der Waals surface area contributed by atoms with E-state index in [0.29, 0.717) is 11.1 Å². The zero-order chi connectivity index (χ0) is 20.5. The van der Waals surface area contributed by atoms with E-state index in [2.05, 4.69) is 14.9 Å². The first-order valence-electron chi connectivity index (χ1n) is 9.50. The van der Waals surface area contributed by atoms with Crippen LogP contribution < -0.4 is 5.32 Å². The second kappa shape index (κ2) is 7.95. The molecule has 1 aromatic heterocycles. The Morgan fingerprint density at radius 1 is 1.24 bits per heavy atom. The van der Waals surface area contributed by atoms with Crippen molar-refractivity contribution in [2.75, 3.05) is 0 Å². The molecule has 4 nitrogen and oxygen atoms in total. The predicted octanol–water partition coefficient (Wildman–Crippen LogP) is 4.85. The van der Waals surface area contributed by atoms with Gasteiger partial charge in [0.25, 0.3) is 0 Å². The van der Waals surface area contributed by atoms with Crippen molar-refractivity contribution in [3.8, 4) is 11.3 Å². The number of carbonyl (C=O) groups is 1. The van der Waals surface area contributed by atoms with Gasteiger partial charge >= 0.3 is 0 Å². The summed E-state index contributed by atoms with van der Waals surface area (Å²) in [4.78, 5) is 17.0. The lowest BCUT2D eigenvalue weighted by Gasteiger charge is -2.16. The smallest absolute Gasteiger partial charge is 0.224 e. The Labute approximate surface area is 172 Å². The van der Waals surface area contributed by atoms with Crippen LogP contribution in [0.25, 0.3) is 11.3 Å². The average Bonchev–Trinajstić information content (AvgIpc) is 3.27. The lowest BCUT2D eigenvalue weighted by Crippen LogP contribution is -2.28. The molecule has 7 heteroatoms. The van der Waals surface area contributed by atoms with Gasteiger partial charge < -0.3 is 9.88 Å². The second-order valence-corrected chi connectivity index (χ2v) is 7.70. The van der Waals surface area contributed by atoms with Gasteiger partial charge in [-0.05, 0) is 49.2 Å². The lowest BCUT2D eigenvalue weighted by atomic mass is 10.0. The molecule has 0 radical (unpaired) electrons. The number of hydrogen-bond donors (Lipinski definition) is 1. The highest BCUT2D eigenvalue weighted by Gasteiger charge is 2.18. The summed E-state index contributed by atoms with van der Waals surface area (Å²) in [5.74, 6) is -0.178. The van der Waals surface area contributed by atoms with E-state index in [1.54, 1.807) is 19.1 Å². The topological polar surface area (TPSA) is 46.9 Å². The van der Waals surface area contributed by atoms with Crippen LogP contribution in [0.5, 0.6) is 0 Å². The number of aromatic nitrogens is 2. The SMILES string of the molecule is CC(NC(=O)Cc1ccc(F)c(Cl)c1)c1cc(-c2cn3c(n2)CCC3)ccc1F. The van der Waals surface area contributed by atoms with Crippen LogP contribution in [0.4, 0.5) is 8.78 Å². The Kier molecular flexibility index (Phi) is 5.37. The van der Waals surface area contributed by atoms with Crippen molar-refractivity contribution in [3.63, 3.8) is 0 Å². The fourth-order valence-corrected chi connectivity index (χ4v) is 3.84. The van der Waals surface area contributed by atoms with E-state index in [4.69, 9.17) is 11.6 Å². The van der Waals surface area contributed by atoms with Crippen molar-refractivity contribution in [2.45, 2.75) is 38.8 Å². The van der Waals surface area contributed by atoms with Crippen molar-refractivity contribution in [3.05, 3.63) is 76.2 Å². The van der Waals surface area contributed by atoms with Crippen LogP contribution in [0.15, 0.2) is 42.6 Å². The van der Waals surface area contributed by atoms with Crippen LogP contribution in [0.1, 0.15) is 36.3 Å². The van der Waals surface area contributed by atoms with Gasteiger partial charge in [0.1, 0.15) is 17.5 Å². The summed E-state index contributed by atoms with van der Waals surface area (Å²) in [5.41, 5.74) is 2.60. The third kappa shape index (κ3) is 4.17. The van der Waals surface area contributed by atoms with Gasteiger partial charge in [-0.25, -0.2) is 13.8 Å². The molecule has 1 atom stereocenters. The summed E-state index contributed by atoms with van der Waals surface area (Å²) in [6.07, 6.45) is 4.06. The Bertz CT molecular complexity index is 1060. The zero-order valence-corrected chi connectivity index (χ0v) is 16.6. The molecule has 1 aliphatic heterocycles. The van der Waals surface area contributed by atoms with Crippen molar-refractivity contribution in [1.82, 2.24) is 14.9 Å². The third-order valence-corrected chi connectivity index (χ3v) is 5.43. The highest BCUT2D eigenvalue weighted by Crippen LogP contribution is 2.27. The fraction of sp³-hybridized carbons (Fsp3) is 0.273. The number of carbonyl (C=O) groups excluding carboxylic acids is 1. The Morgan fingerprint density at radius 3 is 2.79 bits per heavy atom.